The molecular formula is C51H33N5O. The molecule has 3 aromatic heterocycles. The number of nitrogens with one attached hydrogen (secondary N) is 1. The molecule has 0 saturated heterocycles. The van der Waals surface area contributed by atoms with Crippen molar-refractivity contribution < 1.29 is 4.42 Å². The Kier molecular flexibility index (Phi) is 6.89. The molecule has 1 aliphatic rings. The van der Waals surface area contributed by atoms with Crippen molar-refractivity contribution in [2.24, 2.45) is 9.98 Å². The van der Waals surface area contributed by atoms with Crippen LogP contribution in [-0.4, -0.2) is 20.9 Å². The van der Waals surface area contributed by atoms with Crippen molar-refractivity contribution in [1.29, 1.82) is 0 Å². The van der Waals surface area contributed by atoms with Gasteiger partial charge in [-0.2, -0.15) is 4.99 Å². The number of aliphatic imine (C=N–C) groups is 2. The summed E-state index contributed by atoms with van der Waals surface area (Å²) < 4.78 is 11.1. The summed E-state index contributed by atoms with van der Waals surface area (Å²) in [6.07, 6.45) is -0.430. The standard InChI is InChI=1S/C51H33N5O/c1-4-14-32(15-5-1)34-25-27-47-42(28-34)39-26-24-35(29-48(39)57-47)50-52-49(33-16-6-2-7-17-33)53-51(54-50)56-44-23-13-11-21-38(44)41-30-40-37-20-10-12-22-43(37)55(45(40)31-46(41)56)36-18-8-3-9-19-36/h1-31,50H,(H,52,53,54). The van der Waals surface area contributed by atoms with Gasteiger partial charge in [-0.15, -0.1) is 0 Å². The molecule has 1 unspecified atom stereocenters. The number of hydrogen-bond donors (Lipinski definition) is 1. The number of rotatable bonds is 4. The number of para-hydroxylation sites is 3. The van der Waals surface area contributed by atoms with E-state index in [4.69, 9.17) is 14.4 Å². The molecule has 6 heteroatoms. The molecule has 0 spiro atoms. The molecule has 268 valence electrons. The molecule has 0 radical (unpaired) electrons. The van der Waals surface area contributed by atoms with Crippen molar-refractivity contribution in [3.05, 3.63) is 199 Å². The van der Waals surface area contributed by atoms with E-state index in [0.717, 1.165) is 77.5 Å². The van der Waals surface area contributed by atoms with Crippen LogP contribution in [-0.2, 0) is 0 Å². The summed E-state index contributed by atoms with van der Waals surface area (Å²) in [5, 5.41) is 10.6. The quantitative estimate of drug-likeness (QED) is 0.196. The van der Waals surface area contributed by atoms with Gasteiger partial charge >= 0.3 is 0 Å². The maximum absolute atomic E-state index is 6.50. The largest absolute Gasteiger partial charge is 0.456 e. The van der Waals surface area contributed by atoms with Crippen LogP contribution in [0.1, 0.15) is 17.3 Å². The highest BCUT2D eigenvalue weighted by atomic mass is 16.3. The second kappa shape index (κ2) is 12.4. The second-order valence-corrected chi connectivity index (χ2v) is 14.7. The topological polar surface area (TPSA) is 59.8 Å². The summed E-state index contributed by atoms with van der Waals surface area (Å²) in [5.74, 6) is 1.37. The van der Waals surface area contributed by atoms with Crippen LogP contribution in [0.2, 0.25) is 0 Å². The Morgan fingerprint density at radius 3 is 1.79 bits per heavy atom. The van der Waals surface area contributed by atoms with Crippen molar-refractivity contribution in [3.63, 3.8) is 0 Å². The van der Waals surface area contributed by atoms with Crippen LogP contribution in [0, 0.1) is 0 Å². The summed E-state index contributed by atoms with van der Waals surface area (Å²) in [6.45, 7) is 0. The van der Waals surface area contributed by atoms with Gasteiger partial charge in [-0.05, 0) is 65.7 Å². The molecule has 0 bridgehead atoms. The molecule has 1 aliphatic heterocycles. The van der Waals surface area contributed by atoms with E-state index in [1.807, 2.05) is 24.3 Å². The average Bonchev–Trinajstić information content (AvgIpc) is 3.93. The lowest BCUT2D eigenvalue weighted by atomic mass is 10.0. The van der Waals surface area contributed by atoms with Gasteiger partial charge in [0.1, 0.15) is 23.2 Å². The highest BCUT2D eigenvalue weighted by Gasteiger charge is 2.26. The molecule has 0 fully saturated rings. The zero-order chi connectivity index (χ0) is 37.5. The number of benzene rings is 8. The van der Waals surface area contributed by atoms with Gasteiger partial charge in [0, 0.05) is 49.1 Å². The summed E-state index contributed by atoms with van der Waals surface area (Å²) in [4.78, 5) is 10.7. The third kappa shape index (κ3) is 4.97. The molecule has 1 atom stereocenters. The number of amidine groups is 1. The molecular weight excluding hydrogens is 699 g/mol. The summed E-state index contributed by atoms with van der Waals surface area (Å²) in [7, 11) is 0. The highest BCUT2D eigenvalue weighted by Crippen LogP contribution is 2.40. The van der Waals surface area contributed by atoms with Gasteiger partial charge in [-0.3, -0.25) is 4.57 Å². The zero-order valence-electron chi connectivity index (χ0n) is 30.7. The molecule has 0 amide bonds. The first kappa shape index (κ1) is 31.6. The highest BCUT2D eigenvalue weighted by molar-refractivity contribution is 6.22. The summed E-state index contributed by atoms with van der Waals surface area (Å²) >= 11 is 0. The van der Waals surface area contributed by atoms with E-state index in [2.05, 4.69) is 178 Å². The summed E-state index contributed by atoms with van der Waals surface area (Å²) in [6, 6.07) is 66.2. The van der Waals surface area contributed by atoms with Gasteiger partial charge in [0.2, 0.25) is 5.96 Å². The van der Waals surface area contributed by atoms with E-state index >= 15 is 0 Å². The van der Waals surface area contributed by atoms with Crippen LogP contribution >= 0.6 is 0 Å². The fourth-order valence-electron chi connectivity index (χ4n) is 8.72. The minimum Gasteiger partial charge on any atom is -0.456 e. The van der Waals surface area contributed by atoms with Crippen LogP contribution < -0.4 is 5.32 Å². The molecule has 57 heavy (non-hydrogen) atoms. The van der Waals surface area contributed by atoms with E-state index < -0.39 is 6.17 Å². The SMILES string of the molecule is c1ccc(C2=NC(n3c4ccccc4c4cc5c6ccccc6n(-c6ccccc6)c5cc43)=NC(c3ccc4c(c3)oc3ccc(-c5ccccc5)cc34)N2)cc1. The van der Waals surface area contributed by atoms with Gasteiger partial charge in [-0.1, -0.05) is 133 Å². The first-order valence-corrected chi connectivity index (χ1v) is 19.3. The number of aromatic nitrogens is 2. The predicted octanol–water partition coefficient (Wildman–Crippen LogP) is 12.4. The van der Waals surface area contributed by atoms with Gasteiger partial charge in [0.15, 0.2) is 0 Å². The van der Waals surface area contributed by atoms with E-state index in [9.17, 15) is 0 Å². The second-order valence-electron chi connectivity index (χ2n) is 14.7. The van der Waals surface area contributed by atoms with Crippen molar-refractivity contribution >= 4 is 77.3 Å². The van der Waals surface area contributed by atoms with Crippen molar-refractivity contribution in [2.45, 2.75) is 6.17 Å². The Balaban J connectivity index is 1.07. The van der Waals surface area contributed by atoms with E-state index in [1.165, 1.54) is 21.9 Å². The average molecular weight is 732 g/mol. The number of hydrogen-bond acceptors (Lipinski definition) is 4. The lowest BCUT2D eigenvalue weighted by Crippen LogP contribution is -2.35. The van der Waals surface area contributed by atoms with Gasteiger partial charge in [-0.25, -0.2) is 4.99 Å². The minimum absolute atomic E-state index is 0.430. The molecule has 0 aliphatic carbocycles. The maximum atomic E-state index is 6.50. The van der Waals surface area contributed by atoms with Crippen LogP contribution in [0.5, 0.6) is 0 Å². The first-order valence-electron chi connectivity index (χ1n) is 19.3. The molecule has 11 aromatic rings. The van der Waals surface area contributed by atoms with Crippen LogP contribution in [0.15, 0.2) is 202 Å². The zero-order valence-corrected chi connectivity index (χ0v) is 30.7. The molecule has 4 heterocycles. The van der Waals surface area contributed by atoms with Gasteiger partial charge in [0.05, 0.1) is 22.1 Å². The van der Waals surface area contributed by atoms with Crippen LogP contribution in [0.3, 0.4) is 0 Å². The third-order valence-electron chi connectivity index (χ3n) is 11.4. The first-order chi connectivity index (χ1) is 28.2. The Morgan fingerprint density at radius 1 is 0.421 bits per heavy atom. The van der Waals surface area contributed by atoms with Gasteiger partial charge < -0.3 is 14.3 Å². The molecule has 8 aromatic carbocycles. The Morgan fingerprint density at radius 2 is 1.05 bits per heavy atom. The normalized spacial score (nSPS) is 14.5. The monoisotopic (exact) mass is 731 g/mol. The van der Waals surface area contributed by atoms with Crippen LogP contribution in [0.25, 0.3) is 82.4 Å². The number of fused-ring (bicyclic) bond motifs is 9. The fourth-order valence-corrected chi connectivity index (χ4v) is 8.72. The third-order valence-corrected chi connectivity index (χ3v) is 11.4. The van der Waals surface area contributed by atoms with E-state index in [-0.39, 0.29) is 0 Å². The Bertz CT molecular complexity index is 3430. The molecule has 12 rings (SSSR count). The summed E-state index contributed by atoms with van der Waals surface area (Å²) in [5.41, 5.74) is 11.5. The molecule has 6 nitrogen and oxygen atoms in total. The molecule has 0 saturated carbocycles. The Hall–Kier alpha value is -7.70. The van der Waals surface area contributed by atoms with Crippen LogP contribution in [0.4, 0.5) is 0 Å². The fraction of sp³-hybridized carbons (Fsp3) is 0.0196. The number of furan rings is 1. The van der Waals surface area contributed by atoms with E-state index in [0.29, 0.717) is 5.96 Å². The number of nitrogens with zero attached hydrogens (tertiary/aromatic N) is 4. The molecule has 1 N–H and O–H groups in total. The van der Waals surface area contributed by atoms with E-state index in [1.54, 1.807) is 0 Å². The minimum atomic E-state index is -0.430. The Labute approximate surface area is 327 Å². The lowest BCUT2D eigenvalue weighted by molar-refractivity contribution is 0.652. The van der Waals surface area contributed by atoms with Crippen molar-refractivity contribution in [3.8, 4) is 16.8 Å². The smallest absolute Gasteiger partial charge is 0.234 e. The maximum Gasteiger partial charge on any atom is 0.234 e. The predicted molar refractivity (Wildman–Crippen MR) is 235 cm³/mol. The van der Waals surface area contributed by atoms with Crippen molar-refractivity contribution in [1.82, 2.24) is 14.5 Å². The lowest BCUT2D eigenvalue weighted by Gasteiger charge is -2.24. The van der Waals surface area contributed by atoms with Crippen molar-refractivity contribution in [2.75, 3.05) is 0 Å². The van der Waals surface area contributed by atoms with Gasteiger partial charge in [0.25, 0.3) is 0 Å².